The van der Waals surface area contributed by atoms with E-state index in [1.165, 1.54) is 0 Å². The summed E-state index contributed by atoms with van der Waals surface area (Å²) in [6.07, 6.45) is 2.10. The number of hydrogen-bond donors (Lipinski definition) is 1. The molecule has 0 aromatic carbocycles. The van der Waals surface area contributed by atoms with Crippen molar-refractivity contribution in [2.45, 2.75) is 32.7 Å². The Morgan fingerprint density at radius 2 is 2.47 bits per heavy atom. The fraction of sp³-hybridized carbons (Fsp3) is 0.727. The minimum absolute atomic E-state index is 0.00174. The molecule has 6 heteroatoms. The molecule has 2 rings (SSSR count). The van der Waals surface area contributed by atoms with Gasteiger partial charge < -0.3 is 14.6 Å². The molecule has 0 aliphatic carbocycles. The Bertz CT molecular complexity index is 391. The van der Waals surface area contributed by atoms with Crippen LogP contribution < -0.4 is 5.32 Å². The van der Waals surface area contributed by atoms with E-state index < -0.39 is 5.97 Å². The predicted molar refractivity (Wildman–Crippen MR) is 59.4 cm³/mol. The van der Waals surface area contributed by atoms with E-state index in [0.29, 0.717) is 18.4 Å². The third-order valence-electron chi connectivity index (χ3n) is 2.86. The standard InChI is InChI=1S/C11H17N3O3/c1-3-16-11(15)9-13-10(17-14-9)8-6-7(2)4-5-12-8/h7-8,12H,3-6H2,1-2H3. The summed E-state index contributed by atoms with van der Waals surface area (Å²) in [7, 11) is 0. The van der Waals surface area contributed by atoms with Gasteiger partial charge in [-0.1, -0.05) is 6.92 Å². The monoisotopic (exact) mass is 239 g/mol. The zero-order valence-corrected chi connectivity index (χ0v) is 10.1. The molecule has 1 fully saturated rings. The smallest absolute Gasteiger partial charge is 0.379 e. The molecule has 1 aromatic rings. The topological polar surface area (TPSA) is 77.2 Å². The van der Waals surface area contributed by atoms with Crippen molar-refractivity contribution in [3.05, 3.63) is 11.7 Å². The van der Waals surface area contributed by atoms with Crippen molar-refractivity contribution in [1.82, 2.24) is 15.5 Å². The average Bonchev–Trinajstić information content (AvgIpc) is 2.78. The van der Waals surface area contributed by atoms with Gasteiger partial charge in [-0.05, 0) is 37.4 Å². The van der Waals surface area contributed by atoms with E-state index in [9.17, 15) is 4.79 Å². The number of nitrogens with one attached hydrogen (secondary N) is 1. The maximum atomic E-state index is 11.4. The number of ether oxygens (including phenoxy) is 1. The van der Waals surface area contributed by atoms with Crippen molar-refractivity contribution in [3.8, 4) is 0 Å². The lowest BCUT2D eigenvalue weighted by Crippen LogP contribution is -2.31. The Kier molecular flexibility index (Phi) is 3.73. The molecule has 0 amide bonds. The van der Waals surface area contributed by atoms with E-state index in [4.69, 9.17) is 9.26 Å². The summed E-state index contributed by atoms with van der Waals surface area (Å²) in [4.78, 5) is 15.4. The zero-order chi connectivity index (χ0) is 12.3. The molecule has 1 N–H and O–H groups in total. The molecule has 17 heavy (non-hydrogen) atoms. The van der Waals surface area contributed by atoms with Crippen LogP contribution in [0.3, 0.4) is 0 Å². The van der Waals surface area contributed by atoms with Crippen LogP contribution in [-0.4, -0.2) is 29.3 Å². The highest BCUT2D eigenvalue weighted by molar-refractivity contribution is 5.84. The molecule has 1 aromatic heterocycles. The lowest BCUT2D eigenvalue weighted by Gasteiger charge is -2.25. The summed E-state index contributed by atoms with van der Waals surface area (Å²) >= 11 is 0. The van der Waals surface area contributed by atoms with E-state index in [2.05, 4.69) is 22.4 Å². The SMILES string of the molecule is CCOC(=O)c1noc(C2CC(C)CCN2)n1. The van der Waals surface area contributed by atoms with E-state index in [1.54, 1.807) is 6.92 Å². The second-order valence-corrected chi connectivity index (χ2v) is 4.31. The minimum Gasteiger partial charge on any atom is -0.460 e. The van der Waals surface area contributed by atoms with E-state index in [0.717, 1.165) is 19.4 Å². The number of esters is 1. The molecule has 0 saturated carbocycles. The number of hydrogen-bond acceptors (Lipinski definition) is 6. The fourth-order valence-corrected chi connectivity index (χ4v) is 1.95. The first-order valence-electron chi connectivity index (χ1n) is 5.94. The molecule has 94 valence electrons. The van der Waals surface area contributed by atoms with E-state index >= 15 is 0 Å². The first-order valence-corrected chi connectivity index (χ1v) is 5.94. The molecule has 0 bridgehead atoms. The van der Waals surface area contributed by atoms with Crippen LogP contribution in [0.1, 0.15) is 49.2 Å². The van der Waals surface area contributed by atoms with Gasteiger partial charge in [-0.2, -0.15) is 4.98 Å². The van der Waals surface area contributed by atoms with Crippen LogP contribution >= 0.6 is 0 Å². The number of nitrogens with zero attached hydrogens (tertiary/aromatic N) is 2. The molecule has 2 atom stereocenters. The van der Waals surface area contributed by atoms with Gasteiger partial charge in [0.25, 0.3) is 5.82 Å². The Morgan fingerprint density at radius 1 is 1.65 bits per heavy atom. The average molecular weight is 239 g/mol. The number of piperidine rings is 1. The molecular formula is C11H17N3O3. The summed E-state index contributed by atoms with van der Waals surface area (Å²) in [6.45, 7) is 5.17. The Hall–Kier alpha value is -1.43. The normalized spacial score (nSPS) is 24.6. The first kappa shape index (κ1) is 12.0. The highest BCUT2D eigenvalue weighted by Gasteiger charge is 2.26. The summed E-state index contributed by atoms with van der Waals surface area (Å²) in [6, 6.07) is 0.0504. The highest BCUT2D eigenvalue weighted by Crippen LogP contribution is 2.25. The first-order chi connectivity index (χ1) is 8.20. The van der Waals surface area contributed by atoms with Crippen LogP contribution in [0.4, 0.5) is 0 Å². The van der Waals surface area contributed by atoms with E-state index in [1.807, 2.05) is 0 Å². The van der Waals surface area contributed by atoms with Crippen molar-refractivity contribution in [1.29, 1.82) is 0 Å². The van der Waals surface area contributed by atoms with Gasteiger partial charge >= 0.3 is 5.97 Å². The molecule has 0 spiro atoms. The maximum Gasteiger partial charge on any atom is 0.379 e. The summed E-state index contributed by atoms with van der Waals surface area (Å²) in [5.74, 6) is 0.562. The van der Waals surface area contributed by atoms with Crippen LogP contribution in [0, 0.1) is 5.92 Å². The number of aromatic nitrogens is 2. The molecule has 0 radical (unpaired) electrons. The van der Waals surface area contributed by atoms with Gasteiger partial charge in [0, 0.05) is 0 Å². The van der Waals surface area contributed by atoms with Gasteiger partial charge in [0.1, 0.15) is 0 Å². The van der Waals surface area contributed by atoms with Crippen molar-refractivity contribution in [2.75, 3.05) is 13.2 Å². The third-order valence-corrected chi connectivity index (χ3v) is 2.86. The van der Waals surface area contributed by atoms with Crippen molar-refractivity contribution in [2.24, 2.45) is 5.92 Å². The van der Waals surface area contributed by atoms with E-state index in [-0.39, 0.29) is 11.9 Å². The fourth-order valence-electron chi connectivity index (χ4n) is 1.95. The van der Waals surface area contributed by atoms with Gasteiger partial charge in [-0.15, -0.1) is 0 Å². The van der Waals surface area contributed by atoms with Crippen molar-refractivity contribution >= 4 is 5.97 Å². The number of rotatable bonds is 3. The van der Waals surface area contributed by atoms with Crippen molar-refractivity contribution in [3.63, 3.8) is 0 Å². The Morgan fingerprint density at radius 3 is 3.18 bits per heavy atom. The summed E-state index contributed by atoms with van der Waals surface area (Å²) in [5.41, 5.74) is 0. The lowest BCUT2D eigenvalue weighted by atomic mass is 9.94. The molecular weight excluding hydrogens is 222 g/mol. The third kappa shape index (κ3) is 2.82. The van der Waals surface area contributed by atoms with Crippen LogP contribution in [0.25, 0.3) is 0 Å². The van der Waals surface area contributed by atoms with Gasteiger partial charge in [0.05, 0.1) is 12.6 Å². The maximum absolute atomic E-state index is 11.4. The largest absolute Gasteiger partial charge is 0.460 e. The number of carbonyl (C=O) groups excluding carboxylic acids is 1. The van der Waals surface area contributed by atoms with Gasteiger partial charge in [0.15, 0.2) is 0 Å². The Labute approximate surface area is 99.7 Å². The molecule has 2 heterocycles. The molecule has 1 aliphatic rings. The van der Waals surface area contributed by atoms with Crippen LogP contribution in [0.2, 0.25) is 0 Å². The van der Waals surface area contributed by atoms with Crippen LogP contribution in [0.5, 0.6) is 0 Å². The van der Waals surface area contributed by atoms with Gasteiger partial charge in [-0.3, -0.25) is 0 Å². The predicted octanol–water partition coefficient (Wildman–Crippen LogP) is 1.31. The Balaban J connectivity index is 2.04. The quantitative estimate of drug-likeness (QED) is 0.801. The minimum atomic E-state index is -0.536. The van der Waals surface area contributed by atoms with Gasteiger partial charge in [0.2, 0.25) is 5.89 Å². The molecule has 2 unspecified atom stereocenters. The van der Waals surface area contributed by atoms with Crippen molar-refractivity contribution < 1.29 is 14.1 Å². The second-order valence-electron chi connectivity index (χ2n) is 4.31. The summed E-state index contributed by atoms with van der Waals surface area (Å²) in [5, 5.41) is 6.94. The second kappa shape index (κ2) is 5.27. The molecule has 1 aliphatic heterocycles. The van der Waals surface area contributed by atoms with Gasteiger partial charge in [-0.25, -0.2) is 4.79 Å². The number of carbonyl (C=O) groups is 1. The summed E-state index contributed by atoms with van der Waals surface area (Å²) < 4.78 is 9.90. The van der Waals surface area contributed by atoms with Crippen LogP contribution in [0.15, 0.2) is 4.52 Å². The highest BCUT2D eigenvalue weighted by atomic mass is 16.5. The zero-order valence-electron chi connectivity index (χ0n) is 10.1. The molecule has 1 saturated heterocycles. The van der Waals surface area contributed by atoms with Crippen LogP contribution in [-0.2, 0) is 4.74 Å². The lowest BCUT2D eigenvalue weighted by molar-refractivity contribution is 0.0508. The molecule has 6 nitrogen and oxygen atoms in total.